The van der Waals surface area contributed by atoms with Crippen LogP contribution in [-0.2, 0) is 4.79 Å². The third-order valence-corrected chi connectivity index (χ3v) is 4.60. The highest BCUT2D eigenvalue weighted by Gasteiger charge is 2.34. The molecule has 0 aromatic carbocycles. The van der Waals surface area contributed by atoms with Gasteiger partial charge in [-0.05, 0) is 37.7 Å². The molecule has 0 bridgehead atoms. The summed E-state index contributed by atoms with van der Waals surface area (Å²) in [6, 6.07) is 4.81. The van der Waals surface area contributed by atoms with E-state index < -0.39 is 12.0 Å². The number of nitrogens with zero attached hydrogens (tertiary/aromatic N) is 3. The molecule has 1 saturated heterocycles. The van der Waals surface area contributed by atoms with E-state index in [1.54, 1.807) is 0 Å². The first-order valence-electron chi connectivity index (χ1n) is 7.18. The summed E-state index contributed by atoms with van der Waals surface area (Å²) in [5.74, 6) is -1.24. The molecule has 22 heavy (non-hydrogen) atoms. The number of carboxylic acid groups (broad SMARTS) is 1. The van der Waals surface area contributed by atoms with Crippen LogP contribution in [0.3, 0.4) is 0 Å². The molecule has 116 valence electrons. The molecule has 2 aromatic rings. The van der Waals surface area contributed by atoms with Crippen LogP contribution in [-0.4, -0.2) is 50.1 Å². The molecule has 1 fully saturated rings. The summed E-state index contributed by atoms with van der Waals surface area (Å²) in [6.45, 7) is 0.469. The van der Waals surface area contributed by atoms with Gasteiger partial charge in [-0.25, -0.2) is 9.78 Å². The number of aliphatic carboxylic acids is 1. The van der Waals surface area contributed by atoms with Crippen molar-refractivity contribution < 1.29 is 14.7 Å². The van der Waals surface area contributed by atoms with Gasteiger partial charge in [-0.15, -0.1) is 0 Å². The van der Waals surface area contributed by atoms with Crippen molar-refractivity contribution in [2.75, 3.05) is 12.8 Å². The topological polar surface area (TPSA) is 74.9 Å². The third kappa shape index (κ3) is 2.45. The van der Waals surface area contributed by atoms with E-state index in [1.807, 2.05) is 35.1 Å². The van der Waals surface area contributed by atoms with Gasteiger partial charge >= 0.3 is 5.97 Å². The Labute approximate surface area is 132 Å². The molecule has 0 saturated carbocycles. The van der Waals surface area contributed by atoms with Crippen LogP contribution in [0.15, 0.2) is 29.6 Å². The van der Waals surface area contributed by atoms with Gasteiger partial charge < -0.3 is 10.0 Å². The molecule has 1 unspecified atom stereocenters. The molecule has 7 heteroatoms. The molecule has 3 heterocycles. The molecule has 1 atom stereocenters. The van der Waals surface area contributed by atoms with Gasteiger partial charge in [0, 0.05) is 12.7 Å². The van der Waals surface area contributed by atoms with Crippen molar-refractivity contribution in [1.29, 1.82) is 0 Å². The first-order valence-corrected chi connectivity index (χ1v) is 8.41. The summed E-state index contributed by atoms with van der Waals surface area (Å²) < 4.78 is 1.86. The Hall–Kier alpha value is -2.02. The van der Waals surface area contributed by atoms with Crippen molar-refractivity contribution in [2.45, 2.75) is 30.5 Å². The van der Waals surface area contributed by atoms with E-state index in [0.717, 1.165) is 18.0 Å². The second-order valence-electron chi connectivity index (χ2n) is 5.25. The Kier molecular flexibility index (Phi) is 4.06. The van der Waals surface area contributed by atoms with E-state index in [4.69, 9.17) is 0 Å². The number of thioether (sulfide) groups is 1. The number of likely N-dealkylation sites (tertiary alicyclic amines) is 1. The fraction of sp³-hybridized carbons (Fsp3) is 0.400. The third-order valence-electron chi connectivity index (χ3n) is 3.95. The number of hydrogen-bond donors (Lipinski definition) is 1. The molecule has 6 nitrogen and oxygen atoms in total. The smallest absolute Gasteiger partial charge is 0.326 e. The first-order chi connectivity index (χ1) is 10.6. The molecule has 3 rings (SSSR count). The maximum atomic E-state index is 12.8. The SMILES string of the molecule is CSc1nc(C(=O)N2CCCCC2C(=O)O)c2ccccn12. The summed E-state index contributed by atoms with van der Waals surface area (Å²) in [5, 5.41) is 10.1. The molecule has 0 radical (unpaired) electrons. The zero-order valence-corrected chi connectivity index (χ0v) is 13.0. The minimum atomic E-state index is -0.943. The van der Waals surface area contributed by atoms with E-state index in [2.05, 4.69) is 4.98 Å². The predicted molar refractivity (Wildman–Crippen MR) is 83.3 cm³/mol. The second kappa shape index (κ2) is 6.00. The van der Waals surface area contributed by atoms with Crippen LogP contribution >= 0.6 is 11.8 Å². The van der Waals surface area contributed by atoms with Gasteiger partial charge in [0.15, 0.2) is 10.9 Å². The fourth-order valence-corrected chi connectivity index (χ4v) is 3.42. The number of carbonyl (C=O) groups excluding carboxylic acids is 1. The lowest BCUT2D eigenvalue weighted by Gasteiger charge is -2.32. The molecule has 1 aliphatic heterocycles. The predicted octanol–water partition coefficient (Wildman–Crippen LogP) is 2.14. The fourth-order valence-electron chi connectivity index (χ4n) is 2.88. The Morgan fingerprint density at radius 1 is 1.36 bits per heavy atom. The van der Waals surface area contributed by atoms with Gasteiger partial charge in [-0.3, -0.25) is 9.20 Å². The minimum absolute atomic E-state index is 0.295. The molecule has 1 aliphatic rings. The highest BCUT2D eigenvalue weighted by atomic mass is 32.2. The van der Waals surface area contributed by atoms with Crippen molar-refractivity contribution in [2.24, 2.45) is 0 Å². The lowest BCUT2D eigenvalue weighted by molar-refractivity contribution is -0.143. The Morgan fingerprint density at radius 2 is 2.18 bits per heavy atom. The zero-order valence-electron chi connectivity index (χ0n) is 12.2. The number of imidazole rings is 1. The van der Waals surface area contributed by atoms with Crippen LogP contribution in [0.25, 0.3) is 5.52 Å². The number of aromatic nitrogens is 2. The van der Waals surface area contributed by atoms with Gasteiger partial charge in [0.05, 0.1) is 5.52 Å². The molecular formula is C15H17N3O3S. The molecular weight excluding hydrogens is 302 g/mol. The summed E-state index contributed by atoms with van der Waals surface area (Å²) in [4.78, 5) is 30.1. The first kappa shape index (κ1) is 14.9. The van der Waals surface area contributed by atoms with Gasteiger partial charge in [-0.1, -0.05) is 17.8 Å². The van der Waals surface area contributed by atoms with Crippen LogP contribution in [0.1, 0.15) is 29.8 Å². The number of amides is 1. The van der Waals surface area contributed by atoms with Crippen molar-refractivity contribution in [3.63, 3.8) is 0 Å². The van der Waals surface area contributed by atoms with Gasteiger partial charge in [0.1, 0.15) is 6.04 Å². The van der Waals surface area contributed by atoms with Gasteiger partial charge in [0.2, 0.25) is 0 Å². The van der Waals surface area contributed by atoms with E-state index in [-0.39, 0.29) is 5.91 Å². The van der Waals surface area contributed by atoms with Crippen LogP contribution in [0.4, 0.5) is 0 Å². The largest absolute Gasteiger partial charge is 0.480 e. The summed E-state index contributed by atoms with van der Waals surface area (Å²) in [6.07, 6.45) is 5.92. The molecule has 0 spiro atoms. The van der Waals surface area contributed by atoms with Gasteiger partial charge in [0.25, 0.3) is 5.91 Å². The quantitative estimate of drug-likeness (QED) is 0.877. The Morgan fingerprint density at radius 3 is 2.91 bits per heavy atom. The number of pyridine rings is 1. The number of carboxylic acids is 1. The second-order valence-corrected chi connectivity index (χ2v) is 6.02. The van der Waals surface area contributed by atoms with Crippen molar-refractivity contribution >= 4 is 29.2 Å². The van der Waals surface area contributed by atoms with Crippen molar-refractivity contribution in [1.82, 2.24) is 14.3 Å². The maximum absolute atomic E-state index is 12.8. The van der Waals surface area contributed by atoms with Crippen molar-refractivity contribution in [3.8, 4) is 0 Å². The number of hydrogen-bond acceptors (Lipinski definition) is 4. The lowest BCUT2D eigenvalue weighted by atomic mass is 10.0. The van der Waals surface area contributed by atoms with E-state index in [0.29, 0.717) is 24.2 Å². The summed E-state index contributed by atoms with van der Waals surface area (Å²) in [5.41, 5.74) is 1.05. The van der Waals surface area contributed by atoms with Crippen LogP contribution in [0.2, 0.25) is 0 Å². The van der Waals surface area contributed by atoms with E-state index in [1.165, 1.54) is 16.7 Å². The van der Waals surface area contributed by atoms with E-state index >= 15 is 0 Å². The zero-order chi connectivity index (χ0) is 15.7. The Bertz CT molecular complexity index is 728. The van der Waals surface area contributed by atoms with Crippen LogP contribution in [0.5, 0.6) is 0 Å². The average molecular weight is 319 g/mol. The normalized spacial score (nSPS) is 18.6. The molecule has 1 N–H and O–H groups in total. The molecule has 0 aliphatic carbocycles. The highest BCUT2D eigenvalue weighted by molar-refractivity contribution is 7.98. The Balaban J connectivity index is 2.03. The maximum Gasteiger partial charge on any atom is 0.326 e. The minimum Gasteiger partial charge on any atom is -0.480 e. The highest BCUT2D eigenvalue weighted by Crippen LogP contribution is 2.24. The molecule has 1 amide bonds. The number of carbonyl (C=O) groups is 2. The van der Waals surface area contributed by atoms with Crippen LogP contribution in [0, 0.1) is 0 Å². The van der Waals surface area contributed by atoms with Crippen molar-refractivity contribution in [3.05, 3.63) is 30.1 Å². The lowest BCUT2D eigenvalue weighted by Crippen LogP contribution is -2.48. The standard InChI is InChI=1S/C15H17N3O3S/c1-22-15-16-12(10-6-2-5-9-18(10)15)13(19)17-8-4-3-7-11(17)14(20)21/h2,5-6,9,11H,3-4,7-8H2,1H3,(H,20,21). The van der Waals surface area contributed by atoms with E-state index in [9.17, 15) is 14.7 Å². The summed E-state index contributed by atoms with van der Waals surface area (Å²) in [7, 11) is 0. The van der Waals surface area contributed by atoms with Crippen LogP contribution < -0.4 is 0 Å². The number of piperidine rings is 1. The average Bonchev–Trinajstić information content (AvgIpc) is 2.93. The number of fused-ring (bicyclic) bond motifs is 1. The van der Waals surface area contributed by atoms with Gasteiger partial charge in [-0.2, -0.15) is 0 Å². The summed E-state index contributed by atoms with van der Waals surface area (Å²) >= 11 is 1.46. The number of rotatable bonds is 3. The monoisotopic (exact) mass is 319 g/mol. The molecule has 2 aromatic heterocycles.